The zero-order chi connectivity index (χ0) is 25.1. The van der Waals surface area contributed by atoms with E-state index in [1.54, 1.807) is 0 Å². The van der Waals surface area contributed by atoms with Crippen LogP contribution in [0.5, 0.6) is 5.75 Å². The number of aromatic amines is 1. The summed E-state index contributed by atoms with van der Waals surface area (Å²) in [6.07, 6.45) is 3.43. The van der Waals surface area contributed by atoms with Gasteiger partial charge in [0.2, 0.25) is 0 Å². The quantitative estimate of drug-likeness (QED) is 0.352. The van der Waals surface area contributed by atoms with Crippen molar-refractivity contribution in [3.63, 3.8) is 0 Å². The molecule has 1 aliphatic heterocycles. The van der Waals surface area contributed by atoms with Crippen molar-refractivity contribution in [1.82, 2.24) is 20.3 Å². The van der Waals surface area contributed by atoms with Crippen molar-refractivity contribution < 1.29 is 14.3 Å². The summed E-state index contributed by atoms with van der Waals surface area (Å²) in [6, 6.07) is 17.7. The molecule has 0 spiro atoms. The highest BCUT2D eigenvalue weighted by Gasteiger charge is 2.20. The molecule has 2 aromatic carbocycles. The average Bonchev–Trinajstić information content (AvgIpc) is 3.32. The molecule has 1 aliphatic rings. The van der Waals surface area contributed by atoms with E-state index >= 15 is 0 Å². The highest BCUT2D eigenvalue weighted by molar-refractivity contribution is 5.78. The number of nitrogens with zero attached hydrogens (tertiary/aromatic N) is 2. The molecule has 2 aromatic heterocycles. The Morgan fingerprint density at radius 3 is 2.81 bits per heavy atom. The van der Waals surface area contributed by atoms with Gasteiger partial charge in [0.1, 0.15) is 18.2 Å². The summed E-state index contributed by atoms with van der Waals surface area (Å²) < 4.78 is 11.4. The zero-order valence-electron chi connectivity index (χ0n) is 21.0. The minimum Gasteiger partial charge on any atom is -0.493 e. The van der Waals surface area contributed by atoms with Gasteiger partial charge in [0, 0.05) is 11.8 Å². The maximum absolute atomic E-state index is 12.3. The number of hydrogen-bond donors (Lipinski definition) is 2. The number of benzene rings is 2. The normalized spacial score (nSPS) is 18.4. The Kier molecular flexibility index (Phi) is 6.89. The number of nitrogens with one attached hydrogen (secondary N) is 2. The number of H-pyrrole nitrogens is 1. The number of pyridine rings is 1. The van der Waals surface area contributed by atoms with Crippen molar-refractivity contribution >= 4 is 17.3 Å². The Labute approximate surface area is 211 Å². The first-order chi connectivity index (χ1) is 17.5. The molecule has 36 heavy (non-hydrogen) atoms. The third kappa shape index (κ3) is 5.35. The molecule has 0 radical (unpaired) electrons. The van der Waals surface area contributed by atoms with Gasteiger partial charge in [-0.2, -0.15) is 0 Å². The van der Waals surface area contributed by atoms with Gasteiger partial charge in [-0.3, -0.25) is 0 Å². The lowest BCUT2D eigenvalue weighted by Crippen LogP contribution is -2.27. The second-order valence-electron chi connectivity index (χ2n) is 9.76. The predicted octanol–water partition coefficient (Wildman–Crippen LogP) is 6.21. The summed E-state index contributed by atoms with van der Waals surface area (Å²) in [6.45, 7) is 7.45. The van der Waals surface area contributed by atoms with Crippen molar-refractivity contribution in [2.24, 2.45) is 11.8 Å². The number of hydrogen-bond acceptors (Lipinski definition) is 5. The van der Waals surface area contributed by atoms with E-state index in [2.05, 4.69) is 58.4 Å². The second kappa shape index (κ2) is 10.4. The van der Waals surface area contributed by atoms with Crippen molar-refractivity contribution in [3.05, 3.63) is 77.7 Å². The molecule has 3 unspecified atom stereocenters. The van der Waals surface area contributed by atoms with Gasteiger partial charge in [-0.05, 0) is 66.5 Å². The number of rotatable bonds is 5. The Morgan fingerprint density at radius 1 is 1.14 bits per heavy atom. The monoisotopic (exact) mass is 484 g/mol. The molecule has 1 amide bonds. The molecule has 4 aromatic rings. The highest BCUT2D eigenvalue weighted by atomic mass is 16.5. The number of carbonyl (C=O) groups is 1. The van der Waals surface area contributed by atoms with Gasteiger partial charge >= 0.3 is 6.09 Å². The van der Waals surface area contributed by atoms with Crippen LogP contribution < -0.4 is 10.1 Å². The van der Waals surface area contributed by atoms with Crippen LogP contribution in [0.4, 0.5) is 4.79 Å². The maximum Gasteiger partial charge on any atom is 0.408 e. The molecule has 0 saturated carbocycles. The third-order valence-electron chi connectivity index (χ3n) is 7.05. The largest absolute Gasteiger partial charge is 0.493 e. The van der Waals surface area contributed by atoms with E-state index in [-0.39, 0.29) is 12.6 Å². The minimum absolute atomic E-state index is 0.216. The smallest absolute Gasteiger partial charge is 0.408 e. The first-order valence-electron chi connectivity index (χ1n) is 12.5. The van der Waals surface area contributed by atoms with Crippen LogP contribution in [0.25, 0.3) is 22.3 Å². The second-order valence-corrected chi connectivity index (χ2v) is 9.76. The molecule has 2 N–H and O–H groups in total. The summed E-state index contributed by atoms with van der Waals surface area (Å²) in [7, 11) is 0. The van der Waals surface area contributed by atoms with Crippen molar-refractivity contribution in [2.45, 2.75) is 46.3 Å². The Bertz CT molecular complexity index is 1350. The molecule has 7 nitrogen and oxygen atoms in total. The van der Waals surface area contributed by atoms with Gasteiger partial charge in [0.05, 0.1) is 18.2 Å². The minimum atomic E-state index is -0.494. The lowest BCUT2D eigenvalue weighted by Gasteiger charge is -2.25. The van der Waals surface area contributed by atoms with Gasteiger partial charge in [-0.1, -0.05) is 50.2 Å². The average molecular weight is 485 g/mol. The fourth-order valence-corrected chi connectivity index (χ4v) is 4.54. The summed E-state index contributed by atoms with van der Waals surface area (Å²) in [5.41, 5.74) is 5.70. The summed E-state index contributed by atoms with van der Waals surface area (Å²) in [5, 5.41) is 2.83. The van der Waals surface area contributed by atoms with Crippen LogP contribution in [0, 0.1) is 11.8 Å². The number of ether oxygens (including phenoxy) is 2. The molecule has 0 aliphatic carbocycles. The summed E-state index contributed by atoms with van der Waals surface area (Å²) >= 11 is 0. The topological polar surface area (TPSA) is 89.1 Å². The molecule has 7 heteroatoms. The van der Waals surface area contributed by atoms with Gasteiger partial charge < -0.3 is 19.8 Å². The van der Waals surface area contributed by atoms with Gasteiger partial charge in [0.15, 0.2) is 5.65 Å². The number of alkyl carbamates (subject to hydrolysis) is 1. The predicted molar refractivity (Wildman–Crippen MR) is 140 cm³/mol. The van der Waals surface area contributed by atoms with Crippen LogP contribution in [0.3, 0.4) is 0 Å². The van der Waals surface area contributed by atoms with E-state index in [0.29, 0.717) is 23.3 Å². The fraction of sp³-hybridized carbons (Fsp3) is 0.345. The van der Waals surface area contributed by atoms with Gasteiger partial charge in [-0.25, -0.2) is 14.8 Å². The van der Waals surface area contributed by atoms with E-state index in [9.17, 15) is 4.79 Å². The Balaban J connectivity index is 1.30. The van der Waals surface area contributed by atoms with E-state index in [1.165, 1.54) is 5.56 Å². The number of imidazole rings is 1. The summed E-state index contributed by atoms with van der Waals surface area (Å²) in [5.74, 6) is 2.84. The van der Waals surface area contributed by atoms with Gasteiger partial charge in [0.25, 0.3) is 0 Å². The number of carbonyl (C=O) groups excluding carboxylic acids is 1. The molecular weight excluding hydrogens is 452 g/mol. The molecule has 186 valence electrons. The molecule has 3 atom stereocenters. The van der Waals surface area contributed by atoms with Crippen LogP contribution in [-0.4, -0.2) is 27.7 Å². The maximum atomic E-state index is 12.3. The van der Waals surface area contributed by atoms with Crippen LogP contribution in [0.1, 0.15) is 50.2 Å². The fourth-order valence-electron chi connectivity index (χ4n) is 4.54. The lowest BCUT2D eigenvalue weighted by molar-refractivity contribution is 0.136. The molecule has 0 saturated heterocycles. The first kappa shape index (κ1) is 23.9. The molecule has 5 rings (SSSR count). The van der Waals surface area contributed by atoms with Crippen molar-refractivity contribution in [3.8, 4) is 16.9 Å². The van der Waals surface area contributed by atoms with E-state index in [4.69, 9.17) is 9.47 Å². The van der Waals surface area contributed by atoms with Crippen molar-refractivity contribution in [2.75, 3.05) is 6.61 Å². The first-order valence-corrected chi connectivity index (χ1v) is 12.5. The number of fused-ring (bicyclic) bond motifs is 2. The molecular formula is C29H32N4O3. The molecule has 3 heterocycles. The Hall–Kier alpha value is -3.87. The molecule has 0 fully saturated rings. The third-order valence-corrected chi connectivity index (χ3v) is 7.05. The summed E-state index contributed by atoms with van der Waals surface area (Å²) in [4.78, 5) is 24.7. The van der Waals surface area contributed by atoms with Crippen LogP contribution in [-0.2, 0) is 17.8 Å². The SMILES string of the molecule is CC(NC(=O)OCc1ccccc1)c1nc2ncc(-c3ccc4c(c3)CC(C)C(C)CCO4)cc2[nH]1. The Morgan fingerprint density at radius 2 is 1.97 bits per heavy atom. The number of amides is 1. The number of aromatic nitrogens is 3. The van der Waals surface area contributed by atoms with Crippen molar-refractivity contribution in [1.29, 1.82) is 0 Å². The molecule has 0 bridgehead atoms. The van der Waals surface area contributed by atoms with Gasteiger partial charge in [-0.15, -0.1) is 0 Å². The van der Waals surface area contributed by atoms with E-state index in [0.717, 1.165) is 47.4 Å². The standard InChI is InChI=1S/C29H32N4O3/c1-18-11-12-35-26-10-9-22(14-23(26)13-19(18)2)24-15-25-28(30-16-24)33-27(32-25)20(3)31-29(34)36-17-21-7-5-4-6-8-21/h4-10,14-16,18-20H,11-13,17H2,1-3H3,(H,31,34)(H,30,32,33). The van der Waals surface area contributed by atoms with E-state index in [1.807, 2.05) is 43.5 Å². The van der Waals surface area contributed by atoms with Crippen LogP contribution in [0.15, 0.2) is 60.8 Å². The zero-order valence-corrected chi connectivity index (χ0v) is 21.0. The van der Waals surface area contributed by atoms with E-state index < -0.39 is 6.09 Å². The lowest BCUT2D eigenvalue weighted by atomic mass is 9.86. The van der Waals surface area contributed by atoms with Crippen LogP contribution >= 0.6 is 0 Å². The van der Waals surface area contributed by atoms with Crippen LogP contribution in [0.2, 0.25) is 0 Å². The highest BCUT2D eigenvalue weighted by Crippen LogP contribution is 2.33.